The Balaban J connectivity index is 1.91. The molecule has 0 aliphatic heterocycles. The first kappa shape index (κ1) is 21.5. The maximum atomic E-state index is 13.3. The molecule has 3 amide bonds. The summed E-state index contributed by atoms with van der Waals surface area (Å²) in [6.07, 6.45) is 0. The summed E-state index contributed by atoms with van der Waals surface area (Å²) in [6, 6.07) is 12.5. The molecule has 30 heavy (non-hydrogen) atoms. The Morgan fingerprint density at radius 1 is 1.10 bits per heavy atom. The van der Waals surface area contributed by atoms with Gasteiger partial charge in [-0.05, 0) is 36.6 Å². The quantitative estimate of drug-likeness (QED) is 0.639. The van der Waals surface area contributed by atoms with E-state index < -0.39 is 17.9 Å². The monoisotopic (exact) mass is 428 g/mol. The molecule has 1 aromatic heterocycles. The van der Waals surface area contributed by atoms with E-state index in [0.29, 0.717) is 17.1 Å². The lowest BCUT2D eigenvalue weighted by atomic mass is 10.0. The van der Waals surface area contributed by atoms with Gasteiger partial charge in [-0.15, -0.1) is 0 Å². The van der Waals surface area contributed by atoms with E-state index in [1.807, 2.05) is 37.3 Å². The first-order chi connectivity index (χ1) is 14.2. The van der Waals surface area contributed by atoms with Crippen molar-refractivity contribution in [1.29, 1.82) is 0 Å². The zero-order valence-corrected chi connectivity index (χ0v) is 17.9. The van der Waals surface area contributed by atoms with Gasteiger partial charge in [0.25, 0.3) is 5.91 Å². The van der Waals surface area contributed by atoms with Gasteiger partial charge in [-0.3, -0.25) is 4.79 Å². The van der Waals surface area contributed by atoms with E-state index in [9.17, 15) is 14.0 Å². The van der Waals surface area contributed by atoms with Gasteiger partial charge in [0, 0.05) is 32.2 Å². The van der Waals surface area contributed by atoms with Gasteiger partial charge in [-0.2, -0.15) is 0 Å². The molecular weight excluding hydrogens is 407 g/mol. The Hall–Kier alpha value is -3.19. The fraction of sp³-hybridized carbons (Fsp3) is 0.227. The zero-order chi connectivity index (χ0) is 22.0. The molecule has 6 nitrogen and oxygen atoms in total. The normalized spacial score (nSPS) is 11.8. The van der Waals surface area contributed by atoms with Crippen LogP contribution in [-0.2, 0) is 0 Å². The summed E-state index contributed by atoms with van der Waals surface area (Å²) in [7, 11) is 4.96. The number of fused-ring (bicyclic) bond motifs is 1. The third-order valence-corrected chi connectivity index (χ3v) is 5.16. The average molecular weight is 429 g/mol. The van der Waals surface area contributed by atoms with Crippen LogP contribution in [0.15, 0.2) is 48.5 Å². The lowest BCUT2D eigenvalue weighted by Gasteiger charge is -2.26. The van der Waals surface area contributed by atoms with Crippen LogP contribution in [0.2, 0.25) is 5.02 Å². The number of urea groups is 1. The molecule has 0 bridgehead atoms. The van der Waals surface area contributed by atoms with Crippen LogP contribution in [0.25, 0.3) is 10.8 Å². The number of anilines is 1. The predicted octanol–water partition coefficient (Wildman–Crippen LogP) is 4.95. The maximum Gasteiger partial charge on any atom is 0.322 e. The van der Waals surface area contributed by atoms with Gasteiger partial charge < -0.3 is 15.1 Å². The molecule has 1 unspecified atom stereocenters. The number of amides is 3. The molecule has 0 aliphatic carbocycles. The summed E-state index contributed by atoms with van der Waals surface area (Å²) >= 11 is 5.78. The lowest BCUT2D eigenvalue weighted by Crippen LogP contribution is -2.34. The number of pyridine rings is 1. The van der Waals surface area contributed by atoms with Crippen LogP contribution in [0.4, 0.5) is 14.9 Å². The highest BCUT2D eigenvalue weighted by Crippen LogP contribution is 2.26. The van der Waals surface area contributed by atoms with E-state index in [1.54, 1.807) is 21.1 Å². The highest BCUT2D eigenvalue weighted by atomic mass is 35.5. The van der Waals surface area contributed by atoms with Crippen molar-refractivity contribution in [3.8, 4) is 0 Å². The minimum atomic E-state index is -0.560. The molecule has 1 atom stereocenters. The van der Waals surface area contributed by atoms with Crippen LogP contribution in [0.1, 0.15) is 29.1 Å². The Morgan fingerprint density at radius 2 is 1.80 bits per heavy atom. The number of hydrogen-bond acceptors (Lipinski definition) is 3. The van der Waals surface area contributed by atoms with E-state index in [1.165, 1.54) is 28.0 Å². The fourth-order valence-electron chi connectivity index (χ4n) is 2.97. The van der Waals surface area contributed by atoms with Crippen LogP contribution in [0.3, 0.4) is 0 Å². The number of aromatic nitrogens is 1. The number of benzene rings is 2. The molecule has 1 N–H and O–H groups in total. The van der Waals surface area contributed by atoms with Crippen LogP contribution < -0.4 is 5.32 Å². The summed E-state index contributed by atoms with van der Waals surface area (Å²) in [6.45, 7) is 1.82. The minimum Gasteiger partial charge on any atom is -0.343 e. The SMILES string of the molecule is CC(c1cc2ccccc2c(C(=O)N(C)C)n1)N(C)C(=O)Nc1ccc(F)c(Cl)c1. The summed E-state index contributed by atoms with van der Waals surface area (Å²) in [5.74, 6) is -0.775. The van der Waals surface area contributed by atoms with Crippen molar-refractivity contribution in [3.63, 3.8) is 0 Å². The van der Waals surface area contributed by atoms with Gasteiger partial charge in [-0.1, -0.05) is 35.9 Å². The van der Waals surface area contributed by atoms with E-state index in [4.69, 9.17) is 11.6 Å². The molecule has 1 heterocycles. The number of hydrogen-bond donors (Lipinski definition) is 1. The van der Waals surface area contributed by atoms with Gasteiger partial charge in [0.1, 0.15) is 11.5 Å². The van der Waals surface area contributed by atoms with Crippen molar-refractivity contribution in [1.82, 2.24) is 14.8 Å². The fourth-order valence-corrected chi connectivity index (χ4v) is 3.15. The molecule has 156 valence electrons. The lowest BCUT2D eigenvalue weighted by molar-refractivity contribution is 0.0823. The van der Waals surface area contributed by atoms with E-state index >= 15 is 0 Å². The van der Waals surface area contributed by atoms with Gasteiger partial charge in [-0.25, -0.2) is 14.2 Å². The summed E-state index contributed by atoms with van der Waals surface area (Å²) < 4.78 is 13.3. The molecule has 0 fully saturated rings. The molecule has 0 radical (unpaired) electrons. The van der Waals surface area contributed by atoms with Crippen LogP contribution in [-0.4, -0.2) is 47.9 Å². The Kier molecular flexibility index (Phi) is 6.22. The van der Waals surface area contributed by atoms with Gasteiger partial charge in [0.05, 0.1) is 16.8 Å². The average Bonchev–Trinajstić information content (AvgIpc) is 2.73. The van der Waals surface area contributed by atoms with Crippen molar-refractivity contribution in [2.24, 2.45) is 0 Å². The number of rotatable bonds is 4. The molecule has 0 aliphatic rings. The molecule has 3 aromatic rings. The summed E-state index contributed by atoms with van der Waals surface area (Å²) in [4.78, 5) is 32.9. The van der Waals surface area contributed by atoms with E-state index in [2.05, 4.69) is 10.3 Å². The molecular formula is C22H22ClFN4O2. The molecule has 3 rings (SSSR count). The Morgan fingerprint density at radius 3 is 2.47 bits per heavy atom. The molecule has 0 saturated heterocycles. The van der Waals surface area contributed by atoms with E-state index in [-0.39, 0.29) is 10.9 Å². The van der Waals surface area contributed by atoms with Crippen molar-refractivity contribution < 1.29 is 14.0 Å². The molecule has 8 heteroatoms. The van der Waals surface area contributed by atoms with Crippen molar-refractivity contribution in [3.05, 3.63) is 70.8 Å². The van der Waals surface area contributed by atoms with Crippen molar-refractivity contribution in [2.45, 2.75) is 13.0 Å². The topological polar surface area (TPSA) is 65.5 Å². The molecule has 0 saturated carbocycles. The second kappa shape index (κ2) is 8.67. The standard InChI is InChI=1S/C22H22ClFN4O2/c1-13(28(4)22(30)25-15-9-10-18(24)17(23)12-15)19-11-14-7-5-6-8-16(14)20(26-19)21(29)27(2)3/h5-13H,1-4H3,(H,25,30). The highest BCUT2D eigenvalue weighted by molar-refractivity contribution is 6.31. The van der Waals surface area contributed by atoms with Crippen molar-refractivity contribution in [2.75, 3.05) is 26.5 Å². The summed E-state index contributed by atoms with van der Waals surface area (Å²) in [5, 5.41) is 4.22. The third kappa shape index (κ3) is 4.36. The zero-order valence-electron chi connectivity index (χ0n) is 17.1. The number of carbonyl (C=O) groups excluding carboxylic acids is 2. The number of nitrogens with one attached hydrogen (secondary N) is 1. The largest absolute Gasteiger partial charge is 0.343 e. The number of carbonyl (C=O) groups is 2. The smallest absolute Gasteiger partial charge is 0.322 e. The van der Waals surface area contributed by atoms with Crippen LogP contribution in [0, 0.1) is 5.82 Å². The van der Waals surface area contributed by atoms with Gasteiger partial charge >= 0.3 is 6.03 Å². The highest BCUT2D eigenvalue weighted by Gasteiger charge is 2.22. The maximum absolute atomic E-state index is 13.3. The minimum absolute atomic E-state index is 0.0773. The Bertz CT molecular complexity index is 1120. The van der Waals surface area contributed by atoms with Crippen LogP contribution in [0.5, 0.6) is 0 Å². The molecule has 0 spiro atoms. The second-order valence-corrected chi connectivity index (χ2v) is 7.57. The van der Waals surface area contributed by atoms with Gasteiger partial charge in [0.2, 0.25) is 0 Å². The first-order valence-electron chi connectivity index (χ1n) is 9.29. The third-order valence-electron chi connectivity index (χ3n) is 4.87. The van der Waals surface area contributed by atoms with E-state index in [0.717, 1.165) is 10.8 Å². The first-order valence-corrected chi connectivity index (χ1v) is 9.67. The number of halogens is 2. The number of nitrogens with zero attached hydrogens (tertiary/aromatic N) is 3. The van der Waals surface area contributed by atoms with Crippen LogP contribution >= 0.6 is 11.6 Å². The second-order valence-electron chi connectivity index (χ2n) is 7.16. The Labute approximate surface area is 179 Å². The predicted molar refractivity (Wildman–Crippen MR) is 116 cm³/mol. The van der Waals surface area contributed by atoms with Gasteiger partial charge in [0.15, 0.2) is 0 Å². The molecule has 2 aromatic carbocycles. The summed E-state index contributed by atoms with van der Waals surface area (Å²) in [5.41, 5.74) is 1.29. The van der Waals surface area contributed by atoms with Crippen molar-refractivity contribution >= 4 is 40.0 Å².